The number of thioether (sulfide) groups is 1. The summed E-state index contributed by atoms with van der Waals surface area (Å²) in [7, 11) is 0. The third-order valence-electron chi connectivity index (χ3n) is 1.98. The fraction of sp³-hybridized carbons (Fsp3) is 0.500. The summed E-state index contributed by atoms with van der Waals surface area (Å²) < 4.78 is 0. The largest absolute Gasteiger partial charge is 0.382 e. The lowest BCUT2D eigenvalue weighted by atomic mass is 9.98. The Balaban J connectivity index is 2.14. The first-order valence-electron chi connectivity index (χ1n) is 3.55. The molecule has 0 aromatic heterocycles. The van der Waals surface area contributed by atoms with Gasteiger partial charge in [0.2, 0.25) is 0 Å². The maximum Gasteiger partial charge on any atom is 0.100 e. The molecule has 1 heterocycles. The summed E-state index contributed by atoms with van der Waals surface area (Å²) in [4.78, 5) is 0. The van der Waals surface area contributed by atoms with E-state index >= 15 is 0 Å². The smallest absolute Gasteiger partial charge is 0.100 e. The van der Waals surface area contributed by atoms with Crippen LogP contribution in [0, 0.1) is 5.92 Å². The maximum absolute atomic E-state index is 9.26. The molecule has 1 fully saturated rings. The summed E-state index contributed by atoms with van der Waals surface area (Å²) in [5.41, 5.74) is -0.137. The summed E-state index contributed by atoms with van der Waals surface area (Å²) in [6.45, 7) is 0. The van der Waals surface area contributed by atoms with Crippen LogP contribution in [0.1, 0.15) is 6.42 Å². The number of allylic oxidation sites excluding steroid dienone is 3. The monoisotopic (exact) mass is 154 g/mol. The Morgan fingerprint density at radius 2 is 2.10 bits per heavy atom. The number of fused-ring (bicyclic) bond motifs is 1. The molecule has 3 unspecified atom stereocenters. The molecule has 0 spiro atoms. The lowest BCUT2D eigenvalue weighted by Crippen LogP contribution is -2.07. The highest BCUT2D eigenvalue weighted by atomic mass is 32.2. The second-order valence-electron chi connectivity index (χ2n) is 2.72. The fourth-order valence-corrected chi connectivity index (χ4v) is 2.74. The van der Waals surface area contributed by atoms with Gasteiger partial charge >= 0.3 is 0 Å². The molecule has 2 heteroatoms. The predicted molar refractivity (Wildman–Crippen MR) is 43.8 cm³/mol. The minimum atomic E-state index is -0.137. The average Bonchev–Trinajstić information content (AvgIpc) is 2.27. The van der Waals surface area contributed by atoms with Crippen LogP contribution in [0.15, 0.2) is 24.3 Å². The molecule has 0 saturated carbocycles. The minimum absolute atomic E-state index is 0.137. The van der Waals surface area contributed by atoms with Crippen molar-refractivity contribution in [1.29, 1.82) is 0 Å². The van der Waals surface area contributed by atoms with E-state index in [1.54, 1.807) is 11.8 Å². The molecule has 0 aromatic rings. The van der Waals surface area contributed by atoms with E-state index < -0.39 is 0 Å². The van der Waals surface area contributed by atoms with E-state index in [1.807, 2.05) is 0 Å². The zero-order valence-electron chi connectivity index (χ0n) is 5.60. The number of rotatable bonds is 0. The van der Waals surface area contributed by atoms with E-state index in [0.717, 1.165) is 6.42 Å². The molecular weight excluding hydrogens is 144 g/mol. The topological polar surface area (TPSA) is 20.2 Å². The molecule has 3 atom stereocenters. The number of hydrogen-bond acceptors (Lipinski definition) is 2. The summed E-state index contributed by atoms with van der Waals surface area (Å²) in [5.74, 6) is 0.588. The number of aliphatic hydroxyl groups is 1. The molecule has 1 aliphatic carbocycles. The van der Waals surface area contributed by atoms with Crippen LogP contribution in [0.2, 0.25) is 0 Å². The Bertz CT molecular complexity index is 166. The molecule has 2 rings (SSSR count). The van der Waals surface area contributed by atoms with Crippen LogP contribution < -0.4 is 0 Å². The summed E-state index contributed by atoms with van der Waals surface area (Å²) in [6, 6.07) is 0. The van der Waals surface area contributed by atoms with Gasteiger partial charge < -0.3 is 5.11 Å². The number of aliphatic hydroxyl groups excluding tert-OH is 1. The fourth-order valence-electron chi connectivity index (χ4n) is 1.46. The average molecular weight is 154 g/mol. The molecule has 0 bridgehead atoms. The van der Waals surface area contributed by atoms with Crippen molar-refractivity contribution >= 4 is 11.8 Å². The van der Waals surface area contributed by atoms with E-state index in [1.165, 1.54) is 0 Å². The van der Waals surface area contributed by atoms with Gasteiger partial charge in [-0.05, 0) is 12.3 Å². The van der Waals surface area contributed by atoms with Gasteiger partial charge in [0.05, 0.1) is 0 Å². The van der Waals surface area contributed by atoms with Gasteiger partial charge in [-0.15, -0.1) is 11.8 Å². The van der Waals surface area contributed by atoms with Crippen molar-refractivity contribution in [2.45, 2.75) is 17.1 Å². The standard InChI is InChI=1S/C8H10OS/c9-8-5-6-3-1-2-4-7(6)10-8/h1-4,6-9H,5H2. The second kappa shape index (κ2) is 2.44. The van der Waals surface area contributed by atoms with Gasteiger partial charge in [-0.1, -0.05) is 24.3 Å². The molecule has 2 aliphatic rings. The van der Waals surface area contributed by atoms with Crippen molar-refractivity contribution in [3.05, 3.63) is 24.3 Å². The lowest BCUT2D eigenvalue weighted by Gasteiger charge is -2.11. The first-order valence-corrected chi connectivity index (χ1v) is 4.49. The van der Waals surface area contributed by atoms with Crippen molar-refractivity contribution in [3.63, 3.8) is 0 Å². The molecule has 0 amide bonds. The highest BCUT2D eigenvalue weighted by Crippen LogP contribution is 2.39. The molecule has 0 radical (unpaired) electrons. The van der Waals surface area contributed by atoms with Crippen LogP contribution in [-0.2, 0) is 0 Å². The molecule has 1 N–H and O–H groups in total. The van der Waals surface area contributed by atoms with Crippen molar-refractivity contribution in [2.24, 2.45) is 5.92 Å². The summed E-state index contributed by atoms with van der Waals surface area (Å²) in [5, 5.41) is 9.80. The van der Waals surface area contributed by atoms with Crippen LogP contribution in [-0.4, -0.2) is 15.8 Å². The lowest BCUT2D eigenvalue weighted by molar-refractivity contribution is 0.249. The molecule has 1 saturated heterocycles. The van der Waals surface area contributed by atoms with E-state index in [0.29, 0.717) is 11.2 Å². The van der Waals surface area contributed by atoms with Crippen LogP contribution in [0.4, 0.5) is 0 Å². The Hall–Kier alpha value is -0.210. The van der Waals surface area contributed by atoms with E-state index in [-0.39, 0.29) is 5.44 Å². The Kier molecular flexibility index (Phi) is 1.58. The normalized spacial score (nSPS) is 43.9. The SMILES string of the molecule is OC1CC2C=CC=CC2S1. The van der Waals surface area contributed by atoms with E-state index in [4.69, 9.17) is 0 Å². The maximum atomic E-state index is 9.26. The van der Waals surface area contributed by atoms with Gasteiger partial charge in [0.25, 0.3) is 0 Å². The molecule has 54 valence electrons. The Morgan fingerprint density at radius 3 is 2.90 bits per heavy atom. The zero-order chi connectivity index (χ0) is 6.97. The molecule has 10 heavy (non-hydrogen) atoms. The highest BCUT2D eigenvalue weighted by molar-refractivity contribution is 8.00. The van der Waals surface area contributed by atoms with E-state index in [2.05, 4.69) is 24.3 Å². The van der Waals surface area contributed by atoms with Crippen LogP contribution in [0.3, 0.4) is 0 Å². The third kappa shape index (κ3) is 1.02. The van der Waals surface area contributed by atoms with Gasteiger partial charge in [-0.2, -0.15) is 0 Å². The summed E-state index contributed by atoms with van der Waals surface area (Å²) in [6.07, 6.45) is 9.42. The highest BCUT2D eigenvalue weighted by Gasteiger charge is 2.30. The molecular formula is C8H10OS. The second-order valence-corrected chi connectivity index (χ2v) is 4.09. The third-order valence-corrected chi connectivity index (χ3v) is 3.31. The Morgan fingerprint density at radius 1 is 1.30 bits per heavy atom. The van der Waals surface area contributed by atoms with Gasteiger partial charge in [0.1, 0.15) is 5.44 Å². The molecule has 1 nitrogen and oxygen atoms in total. The minimum Gasteiger partial charge on any atom is -0.382 e. The van der Waals surface area contributed by atoms with E-state index in [9.17, 15) is 5.11 Å². The van der Waals surface area contributed by atoms with Crippen molar-refractivity contribution < 1.29 is 5.11 Å². The molecule has 0 aromatic carbocycles. The van der Waals surface area contributed by atoms with Crippen molar-refractivity contribution in [1.82, 2.24) is 0 Å². The van der Waals surface area contributed by atoms with Crippen LogP contribution in [0.5, 0.6) is 0 Å². The number of hydrogen-bond donors (Lipinski definition) is 1. The molecule has 1 aliphatic heterocycles. The zero-order valence-corrected chi connectivity index (χ0v) is 6.42. The quantitative estimate of drug-likeness (QED) is 0.571. The van der Waals surface area contributed by atoms with Gasteiger partial charge in [0, 0.05) is 5.25 Å². The van der Waals surface area contributed by atoms with Gasteiger partial charge in [-0.3, -0.25) is 0 Å². The van der Waals surface area contributed by atoms with Crippen LogP contribution >= 0.6 is 11.8 Å². The summed E-state index contributed by atoms with van der Waals surface area (Å²) >= 11 is 1.67. The first kappa shape index (κ1) is 6.50. The first-order chi connectivity index (χ1) is 4.86. The van der Waals surface area contributed by atoms with Crippen molar-refractivity contribution in [2.75, 3.05) is 0 Å². The van der Waals surface area contributed by atoms with Gasteiger partial charge in [-0.25, -0.2) is 0 Å². The van der Waals surface area contributed by atoms with Gasteiger partial charge in [0.15, 0.2) is 0 Å². The predicted octanol–water partition coefficient (Wildman–Crippen LogP) is 1.55. The van der Waals surface area contributed by atoms with Crippen LogP contribution in [0.25, 0.3) is 0 Å². The van der Waals surface area contributed by atoms with Crippen molar-refractivity contribution in [3.8, 4) is 0 Å². The Labute approximate surface area is 64.8 Å².